The van der Waals surface area contributed by atoms with Crippen LogP contribution in [0.15, 0.2) is 53.4 Å². The maximum Gasteiger partial charge on any atom is 0.261 e. The van der Waals surface area contributed by atoms with Crippen molar-refractivity contribution in [1.29, 1.82) is 0 Å². The molecule has 0 saturated carbocycles. The van der Waals surface area contributed by atoms with Crippen molar-refractivity contribution in [3.8, 4) is 0 Å². The van der Waals surface area contributed by atoms with E-state index in [0.29, 0.717) is 37.6 Å². The number of amides is 1. The summed E-state index contributed by atoms with van der Waals surface area (Å²) < 4.78 is 39.0. The lowest BCUT2D eigenvalue weighted by atomic mass is 9.96. The monoisotopic (exact) mass is 430 g/mol. The van der Waals surface area contributed by atoms with Crippen LogP contribution in [0.3, 0.4) is 0 Å². The highest BCUT2D eigenvalue weighted by atomic mass is 32.2. The summed E-state index contributed by atoms with van der Waals surface area (Å²) in [6.45, 7) is 4.39. The molecule has 2 aliphatic rings. The van der Waals surface area contributed by atoms with E-state index in [0.717, 1.165) is 18.4 Å². The number of aryl methyl sites for hydroxylation is 1. The molecule has 8 heteroatoms. The molecule has 1 N–H and O–H groups in total. The quantitative estimate of drug-likeness (QED) is 0.788. The van der Waals surface area contributed by atoms with Crippen molar-refractivity contribution in [2.75, 3.05) is 31.0 Å². The van der Waals surface area contributed by atoms with Gasteiger partial charge in [0.2, 0.25) is 0 Å². The van der Waals surface area contributed by atoms with Gasteiger partial charge in [0, 0.05) is 30.3 Å². The van der Waals surface area contributed by atoms with Gasteiger partial charge in [-0.1, -0.05) is 17.7 Å². The molecule has 0 bridgehead atoms. The number of hydrogen-bond acceptors (Lipinski definition) is 5. The molecule has 2 heterocycles. The highest BCUT2D eigenvalue weighted by Gasteiger charge is 2.33. The molecule has 2 aromatic rings. The number of nitrogens with one attached hydrogen (secondary N) is 1. The molecule has 2 aliphatic heterocycles. The Morgan fingerprint density at radius 3 is 2.37 bits per heavy atom. The third-order valence-electron chi connectivity index (χ3n) is 5.49. The summed E-state index contributed by atoms with van der Waals surface area (Å²) in [5, 5.41) is 0. The van der Waals surface area contributed by atoms with Crippen LogP contribution in [0.25, 0.3) is 0 Å². The lowest BCUT2D eigenvalue weighted by Crippen LogP contribution is -2.43. The van der Waals surface area contributed by atoms with Gasteiger partial charge in [0.25, 0.3) is 15.9 Å². The maximum absolute atomic E-state index is 12.9. The summed E-state index contributed by atoms with van der Waals surface area (Å²) >= 11 is 0. The van der Waals surface area contributed by atoms with Crippen molar-refractivity contribution in [3.63, 3.8) is 0 Å². The van der Waals surface area contributed by atoms with Crippen molar-refractivity contribution >= 4 is 21.6 Å². The van der Waals surface area contributed by atoms with Crippen LogP contribution in [0.1, 0.15) is 28.8 Å². The number of nitrogens with zero attached hydrogens (tertiary/aromatic N) is 1. The van der Waals surface area contributed by atoms with Crippen molar-refractivity contribution in [2.24, 2.45) is 5.92 Å². The summed E-state index contributed by atoms with van der Waals surface area (Å²) in [7, 11) is -3.72. The first kappa shape index (κ1) is 20.8. The number of anilines is 1. The standard InChI is InChI=1S/C22H26N2O5S/c1-16-4-8-19(9-5-16)23-30(26,27)20-10-6-17(7-11-20)21(25)24-12-2-3-18(15-24)22-28-13-14-29-22/h4-11,18,22-23H,2-3,12-15H2,1H3. The van der Waals surface area contributed by atoms with Crippen molar-refractivity contribution in [2.45, 2.75) is 31.0 Å². The molecule has 2 fully saturated rings. The third kappa shape index (κ3) is 4.66. The minimum absolute atomic E-state index is 0.104. The Bertz CT molecular complexity index is 983. The first-order valence-electron chi connectivity index (χ1n) is 10.1. The molecule has 4 rings (SSSR count). The summed E-state index contributed by atoms with van der Waals surface area (Å²) in [5.74, 6) is 0.0664. The van der Waals surface area contributed by atoms with Gasteiger partial charge in [-0.15, -0.1) is 0 Å². The highest BCUT2D eigenvalue weighted by molar-refractivity contribution is 7.92. The molecule has 0 spiro atoms. The molecule has 2 aromatic carbocycles. The molecule has 30 heavy (non-hydrogen) atoms. The summed E-state index contributed by atoms with van der Waals surface area (Å²) in [6.07, 6.45) is 1.63. The van der Waals surface area contributed by atoms with Crippen LogP contribution in [0, 0.1) is 12.8 Å². The Hall–Kier alpha value is -2.42. The van der Waals surface area contributed by atoms with Gasteiger partial charge in [-0.3, -0.25) is 9.52 Å². The van der Waals surface area contributed by atoms with E-state index in [2.05, 4.69) is 4.72 Å². The Balaban J connectivity index is 1.43. The molecule has 7 nitrogen and oxygen atoms in total. The number of carbonyl (C=O) groups is 1. The third-order valence-corrected chi connectivity index (χ3v) is 6.89. The number of carbonyl (C=O) groups excluding carboxylic acids is 1. The van der Waals surface area contributed by atoms with E-state index in [1.54, 1.807) is 29.2 Å². The van der Waals surface area contributed by atoms with Crippen LogP contribution in [0.4, 0.5) is 5.69 Å². The van der Waals surface area contributed by atoms with Gasteiger partial charge in [0.15, 0.2) is 6.29 Å². The van der Waals surface area contributed by atoms with Crippen molar-refractivity contribution in [3.05, 3.63) is 59.7 Å². The molecular formula is C22H26N2O5S. The number of ether oxygens (including phenoxy) is 2. The van der Waals surface area contributed by atoms with Gasteiger partial charge in [0.05, 0.1) is 18.1 Å². The lowest BCUT2D eigenvalue weighted by Gasteiger charge is -2.34. The van der Waals surface area contributed by atoms with Crippen molar-refractivity contribution < 1.29 is 22.7 Å². The number of likely N-dealkylation sites (tertiary alicyclic amines) is 1. The fraction of sp³-hybridized carbons (Fsp3) is 0.409. The predicted molar refractivity (Wildman–Crippen MR) is 113 cm³/mol. The zero-order valence-corrected chi connectivity index (χ0v) is 17.7. The molecule has 160 valence electrons. The molecule has 0 aromatic heterocycles. The second-order valence-electron chi connectivity index (χ2n) is 7.76. The average Bonchev–Trinajstić information content (AvgIpc) is 3.30. The fourth-order valence-corrected chi connectivity index (χ4v) is 4.92. The van der Waals surface area contributed by atoms with Crippen LogP contribution >= 0.6 is 0 Å². The largest absolute Gasteiger partial charge is 0.350 e. The van der Waals surface area contributed by atoms with Crippen molar-refractivity contribution in [1.82, 2.24) is 4.90 Å². The summed E-state index contributed by atoms with van der Waals surface area (Å²) in [6, 6.07) is 13.2. The highest BCUT2D eigenvalue weighted by Crippen LogP contribution is 2.26. The Morgan fingerprint density at radius 2 is 1.70 bits per heavy atom. The van der Waals surface area contributed by atoms with Crippen LogP contribution < -0.4 is 4.72 Å². The normalized spacial score (nSPS) is 20.3. The van der Waals surface area contributed by atoms with E-state index in [-0.39, 0.29) is 23.0 Å². The minimum Gasteiger partial charge on any atom is -0.350 e. The van der Waals surface area contributed by atoms with E-state index in [1.165, 1.54) is 12.1 Å². The molecule has 0 radical (unpaired) electrons. The fourth-order valence-electron chi connectivity index (χ4n) is 3.86. The molecule has 2 saturated heterocycles. The Labute approximate surface area is 177 Å². The van der Waals surface area contributed by atoms with Crippen LogP contribution in [0.2, 0.25) is 0 Å². The first-order valence-corrected chi connectivity index (χ1v) is 11.6. The number of rotatable bonds is 5. The Morgan fingerprint density at radius 1 is 1.03 bits per heavy atom. The van der Waals surface area contributed by atoms with Gasteiger partial charge >= 0.3 is 0 Å². The van der Waals surface area contributed by atoms with E-state index < -0.39 is 10.0 Å². The zero-order valence-electron chi connectivity index (χ0n) is 16.9. The van der Waals surface area contributed by atoms with Gasteiger partial charge in [-0.2, -0.15) is 0 Å². The SMILES string of the molecule is Cc1ccc(NS(=O)(=O)c2ccc(C(=O)N3CCCC(C4OCCO4)C3)cc2)cc1. The summed E-state index contributed by atoms with van der Waals surface area (Å²) in [5.41, 5.74) is 2.02. The summed E-state index contributed by atoms with van der Waals surface area (Å²) in [4.78, 5) is 14.8. The minimum atomic E-state index is -3.72. The van der Waals surface area contributed by atoms with Crippen LogP contribution in [-0.4, -0.2) is 51.8 Å². The maximum atomic E-state index is 12.9. The number of hydrogen-bond donors (Lipinski definition) is 1. The number of piperidine rings is 1. The first-order chi connectivity index (χ1) is 14.4. The van der Waals surface area contributed by atoms with Crippen LogP contribution in [-0.2, 0) is 19.5 Å². The number of benzene rings is 2. The Kier molecular flexibility index (Phi) is 6.08. The topological polar surface area (TPSA) is 84.9 Å². The predicted octanol–water partition coefficient (Wildman–Crippen LogP) is 3.02. The van der Waals surface area contributed by atoms with E-state index >= 15 is 0 Å². The van der Waals surface area contributed by atoms with Gasteiger partial charge in [-0.25, -0.2) is 8.42 Å². The lowest BCUT2D eigenvalue weighted by molar-refractivity contribution is -0.0969. The molecule has 1 atom stereocenters. The van der Waals surface area contributed by atoms with Gasteiger partial charge < -0.3 is 14.4 Å². The number of sulfonamides is 1. The van der Waals surface area contributed by atoms with Gasteiger partial charge in [0.1, 0.15) is 0 Å². The molecular weight excluding hydrogens is 404 g/mol. The molecule has 1 unspecified atom stereocenters. The second-order valence-corrected chi connectivity index (χ2v) is 9.44. The van der Waals surface area contributed by atoms with E-state index in [4.69, 9.17) is 9.47 Å². The molecule has 0 aliphatic carbocycles. The van der Waals surface area contributed by atoms with Crippen LogP contribution in [0.5, 0.6) is 0 Å². The van der Waals surface area contributed by atoms with E-state index in [9.17, 15) is 13.2 Å². The smallest absolute Gasteiger partial charge is 0.261 e. The average molecular weight is 431 g/mol. The van der Waals surface area contributed by atoms with Gasteiger partial charge in [-0.05, 0) is 56.2 Å². The molecule has 1 amide bonds. The zero-order chi connectivity index (χ0) is 21.1. The second kappa shape index (κ2) is 8.75. The van der Waals surface area contributed by atoms with E-state index in [1.807, 2.05) is 19.1 Å².